The van der Waals surface area contributed by atoms with Gasteiger partial charge in [-0.2, -0.15) is 0 Å². The van der Waals surface area contributed by atoms with Gasteiger partial charge in [0.15, 0.2) is 0 Å². The third-order valence-corrected chi connectivity index (χ3v) is 5.28. The number of rotatable bonds is 4. The lowest BCUT2D eigenvalue weighted by Crippen LogP contribution is -2.52. The summed E-state index contributed by atoms with van der Waals surface area (Å²) < 4.78 is 5.65. The average molecular weight is 296 g/mol. The summed E-state index contributed by atoms with van der Waals surface area (Å²) in [5.74, 6) is 0. The Labute approximate surface area is 131 Å². The molecule has 2 fully saturated rings. The first-order valence-corrected chi connectivity index (χ1v) is 8.97. The van der Waals surface area contributed by atoms with Crippen molar-refractivity contribution < 1.29 is 4.74 Å². The predicted octanol–water partition coefficient (Wildman–Crippen LogP) is 3.44. The lowest BCUT2D eigenvalue weighted by Gasteiger charge is -2.44. The first kappa shape index (κ1) is 17.2. The van der Waals surface area contributed by atoms with Gasteiger partial charge in [-0.3, -0.25) is 0 Å². The van der Waals surface area contributed by atoms with Gasteiger partial charge in [-0.1, -0.05) is 12.8 Å². The summed E-state index contributed by atoms with van der Waals surface area (Å²) in [7, 11) is 0. The van der Waals surface area contributed by atoms with Gasteiger partial charge < -0.3 is 15.0 Å². The highest BCUT2D eigenvalue weighted by Crippen LogP contribution is 2.33. The van der Waals surface area contributed by atoms with E-state index in [1.807, 2.05) is 0 Å². The van der Waals surface area contributed by atoms with E-state index in [0.717, 1.165) is 25.8 Å². The van der Waals surface area contributed by atoms with E-state index >= 15 is 0 Å². The van der Waals surface area contributed by atoms with Gasteiger partial charge in [-0.15, -0.1) is 0 Å². The van der Waals surface area contributed by atoms with E-state index in [4.69, 9.17) is 4.74 Å². The summed E-state index contributed by atoms with van der Waals surface area (Å²) in [4.78, 5) is 2.77. The van der Waals surface area contributed by atoms with Gasteiger partial charge in [0, 0.05) is 37.9 Å². The molecular formula is C18H36N2O. The van der Waals surface area contributed by atoms with Crippen molar-refractivity contribution in [3.63, 3.8) is 0 Å². The van der Waals surface area contributed by atoms with Crippen LogP contribution < -0.4 is 5.32 Å². The second-order valence-electron chi connectivity index (χ2n) is 8.38. The Morgan fingerprint density at radius 2 is 1.86 bits per heavy atom. The Bertz CT molecular complexity index is 305. The summed E-state index contributed by atoms with van der Waals surface area (Å²) in [6.07, 6.45) is 7.99. The highest BCUT2D eigenvalue weighted by molar-refractivity contribution is 4.90. The molecule has 0 aromatic rings. The van der Waals surface area contributed by atoms with Crippen molar-refractivity contribution in [3.05, 3.63) is 0 Å². The van der Waals surface area contributed by atoms with Crippen LogP contribution in [0.3, 0.4) is 0 Å². The maximum absolute atomic E-state index is 5.65. The van der Waals surface area contributed by atoms with Crippen molar-refractivity contribution >= 4 is 0 Å². The zero-order valence-corrected chi connectivity index (χ0v) is 14.7. The van der Waals surface area contributed by atoms with Crippen LogP contribution in [-0.4, -0.2) is 49.3 Å². The third kappa shape index (κ3) is 5.54. The molecule has 21 heavy (non-hydrogen) atoms. The highest BCUT2D eigenvalue weighted by atomic mass is 16.5. The molecule has 0 saturated carbocycles. The zero-order valence-electron chi connectivity index (χ0n) is 14.7. The molecule has 3 nitrogen and oxygen atoms in total. The molecule has 3 heteroatoms. The standard InChI is InChI=1S/C18H36N2O/c1-16-8-6-5-7-11-20(16)15-18(9-12-21-13-10-18)14-19-17(2,3)4/h16,19H,5-15H2,1-4H3. The molecule has 0 amide bonds. The summed E-state index contributed by atoms with van der Waals surface area (Å²) in [5.41, 5.74) is 0.611. The van der Waals surface area contributed by atoms with Crippen molar-refractivity contribution in [2.24, 2.45) is 5.41 Å². The molecule has 124 valence electrons. The fourth-order valence-electron chi connectivity index (χ4n) is 3.65. The molecule has 2 rings (SSSR count). The van der Waals surface area contributed by atoms with Crippen LogP contribution in [0.2, 0.25) is 0 Å². The van der Waals surface area contributed by atoms with Crippen LogP contribution >= 0.6 is 0 Å². The van der Waals surface area contributed by atoms with Gasteiger partial charge in [-0.05, 0) is 65.3 Å². The fourth-order valence-corrected chi connectivity index (χ4v) is 3.65. The predicted molar refractivity (Wildman–Crippen MR) is 89.7 cm³/mol. The summed E-state index contributed by atoms with van der Waals surface area (Å²) >= 11 is 0. The Balaban J connectivity index is 2.00. The van der Waals surface area contributed by atoms with Crippen molar-refractivity contribution in [2.45, 2.75) is 77.8 Å². The Kier molecular flexibility index (Phi) is 6.10. The first-order chi connectivity index (χ1) is 9.90. The topological polar surface area (TPSA) is 24.5 Å². The molecule has 2 saturated heterocycles. The molecular weight excluding hydrogens is 260 g/mol. The minimum Gasteiger partial charge on any atom is -0.381 e. The van der Waals surface area contributed by atoms with Gasteiger partial charge >= 0.3 is 0 Å². The summed E-state index contributed by atoms with van der Waals surface area (Å²) in [6, 6.07) is 0.752. The van der Waals surface area contributed by atoms with E-state index in [1.165, 1.54) is 51.6 Å². The van der Waals surface area contributed by atoms with E-state index in [9.17, 15) is 0 Å². The van der Waals surface area contributed by atoms with Gasteiger partial charge in [-0.25, -0.2) is 0 Å². The molecule has 2 aliphatic heterocycles. The number of hydrogen-bond acceptors (Lipinski definition) is 3. The maximum Gasteiger partial charge on any atom is 0.0472 e. The lowest BCUT2D eigenvalue weighted by molar-refractivity contribution is -0.0128. The van der Waals surface area contributed by atoms with Crippen LogP contribution in [0.5, 0.6) is 0 Å². The Hall–Kier alpha value is -0.120. The molecule has 1 N–H and O–H groups in total. The molecule has 0 bridgehead atoms. The van der Waals surface area contributed by atoms with Crippen molar-refractivity contribution in [1.82, 2.24) is 10.2 Å². The highest BCUT2D eigenvalue weighted by Gasteiger charge is 2.36. The normalized spacial score (nSPS) is 28.3. The first-order valence-electron chi connectivity index (χ1n) is 8.97. The zero-order chi connectivity index (χ0) is 15.3. The molecule has 0 aromatic carbocycles. The third-order valence-electron chi connectivity index (χ3n) is 5.28. The van der Waals surface area contributed by atoms with E-state index in [2.05, 4.69) is 37.9 Å². The van der Waals surface area contributed by atoms with Crippen LogP contribution in [-0.2, 0) is 4.74 Å². The van der Waals surface area contributed by atoms with Gasteiger partial charge in [0.25, 0.3) is 0 Å². The van der Waals surface area contributed by atoms with Crippen LogP contribution in [0.15, 0.2) is 0 Å². The molecule has 0 aliphatic carbocycles. The van der Waals surface area contributed by atoms with E-state index < -0.39 is 0 Å². The van der Waals surface area contributed by atoms with Crippen molar-refractivity contribution in [2.75, 3.05) is 32.8 Å². The molecule has 2 aliphatic rings. The van der Waals surface area contributed by atoms with Crippen LogP contribution in [0.25, 0.3) is 0 Å². The smallest absolute Gasteiger partial charge is 0.0472 e. The number of likely N-dealkylation sites (tertiary alicyclic amines) is 1. The molecule has 0 aromatic heterocycles. The van der Waals surface area contributed by atoms with E-state index in [1.54, 1.807) is 0 Å². The number of nitrogens with one attached hydrogen (secondary N) is 1. The van der Waals surface area contributed by atoms with Gasteiger partial charge in [0.1, 0.15) is 0 Å². The molecule has 1 atom stereocenters. The van der Waals surface area contributed by atoms with Gasteiger partial charge in [0.2, 0.25) is 0 Å². The largest absolute Gasteiger partial charge is 0.381 e. The number of ether oxygens (including phenoxy) is 1. The van der Waals surface area contributed by atoms with E-state index in [-0.39, 0.29) is 5.54 Å². The van der Waals surface area contributed by atoms with Crippen LogP contribution in [0.4, 0.5) is 0 Å². The minimum absolute atomic E-state index is 0.204. The maximum atomic E-state index is 5.65. The number of nitrogens with zero attached hydrogens (tertiary/aromatic N) is 1. The van der Waals surface area contributed by atoms with Crippen LogP contribution in [0.1, 0.15) is 66.2 Å². The monoisotopic (exact) mass is 296 g/mol. The average Bonchev–Trinajstić information content (AvgIpc) is 2.63. The van der Waals surface area contributed by atoms with Gasteiger partial charge in [0.05, 0.1) is 0 Å². The summed E-state index contributed by atoms with van der Waals surface area (Å²) in [6.45, 7) is 14.8. The Morgan fingerprint density at radius 1 is 1.14 bits per heavy atom. The van der Waals surface area contributed by atoms with E-state index in [0.29, 0.717) is 5.41 Å². The molecule has 2 heterocycles. The Morgan fingerprint density at radius 3 is 2.52 bits per heavy atom. The number of hydrogen-bond donors (Lipinski definition) is 1. The second kappa shape index (κ2) is 7.43. The SMILES string of the molecule is CC1CCCCCN1CC1(CNC(C)(C)C)CCOCC1. The fraction of sp³-hybridized carbons (Fsp3) is 1.00. The molecule has 0 spiro atoms. The molecule has 1 unspecified atom stereocenters. The van der Waals surface area contributed by atoms with Crippen molar-refractivity contribution in [1.29, 1.82) is 0 Å². The second-order valence-corrected chi connectivity index (χ2v) is 8.38. The molecule has 0 radical (unpaired) electrons. The van der Waals surface area contributed by atoms with Crippen molar-refractivity contribution in [3.8, 4) is 0 Å². The van der Waals surface area contributed by atoms with Crippen LogP contribution in [0, 0.1) is 5.41 Å². The summed E-state index contributed by atoms with van der Waals surface area (Å²) in [5, 5.41) is 3.77. The lowest BCUT2D eigenvalue weighted by atomic mass is 9.78. The minimum atomic E-state index is 0.204. The quantitative estimate of drug-likeness (QED) is 0.860.